The summed E-state index contributed by atoms with van der Waals surface area (Å²) in [4.78, 5) is 26.0. The van der Waals surface area contributed by atoms with Gasteiger partial charge in [0.25, 0.3) is 0 Å². The monoisotopic (exact) mass is 320 g/mol. The van der Waals surface area contributed by atoms with Crippen LogP contribution in [0, 0.1) is 5.92 Å². The van der Waals surface area contributed by atoms with Crippen molar-refractivity contribution >= 4 is 23.6 Å². The molecule has 22 heavy (non-hydrogen) atoms. The topological polar surface area (TPSA) is 49.4 Å². The third-order valence-corrected chi connectivity index (χ3v) is 4.60. The average molecular weight is 320 g/mol. The van der Waals surface area contributed by atoms with Crippen LogP contribution in [0.25, 0.3) is 0 Å². The number of nitrogens with zero attached hydrogens (tertiary/aromatic N) is 1. The van der Waals surface area contributed by atoms with Gasteiger partial charge in [-0.2, -0.15) is 11.8 Å². The van der Waals surface area contributed by atoms with E-state index < -0.39 is 0 Å². The van der Waals surface area contributed by atoms with Crippen LogP contribution >= 0.6 is 11.8 Å². The predicted molar refractivity (Wildman–Crippen MR) is 90.8 cm³/mol. The zero-order valence-electron chi connectivity index (χ0n) is 13.1. The zero-order chi connectivity index (χ0) is 15.8. The Bertz CT molecular complexity index is 493. The Balaban J connectivity index is 1.82. The van der Waals surface area contributed by atoms with Crippen molar-refractivity contribution in [2.45, 2.75) is 19.3 Å². The summed E-state index contributed by atoms with van der Waals surface area (Å²) in [6.07, 6.45) is 4.02. The van der Waals surface area contributed by atoms with Crippen molar-refractivity contribution in [2.24, 2.45) is 5.92 Å². The van der Waals surface area contributed by atoms with Crippen LogP contribution in [-0.4, -0.2) is 48.4 Å². The quantitative estimate of drug-likeness (QED) is 0.781. The van der Waals surface area contributed by atoms with Crippen LogP contribution in [0.3, 0.4) is 0 Å². The summed E-state index contributed by atoms with van der Waals surface area (Å²) in [6.45, 7) is 1.95. The number of hydrogen-bond acceptors (Lipinski definition) is 3. The standard InChI is InChI=1S/C17H24N2O2S/c1-22-12-10-18-17(21)15-7-8-16(20)19(13-15)11-9-14-5-3-2-4-6-14/h2-6,15H,7-13H2,1H3,(H,18,21). The molecule has 1 saturated heterocycles. The summed E-state index contributed by atoms with van der Waals surface area (Å²) in [7, 11) is 0. The van der Waals surface area contributed by atoms with Crippen LogP contribution in [0.5, 0.6) is 0 Å². The molecule has 5 heteroatoms. The second-order valence-corrected chi connectivity index (χ2v) is 6.58. The lowest BCUT2D eigenvalue weighted by Gasteiger charge is -2.32. The molecule has 1 aromatic rings. The van der Waals surface area contributed by atoms with Crippen molar-refractivity contribution in [1.82, 2.24) is 10.2 Å². The lowest BCUT2D eigenvalue weighted by Crippen LogP contribution is -2.46. The van der Waals surface area contributed by atoms with Gasteiger partial charge in [0, 0.05) is 31.8 Å². The summed E-state index contributed by atoms with van der Waals surface area (Å²) < 4.78 is 0. The van der Waals surface area contributed by atoms with E-state index in [0.29, 0.717) is 32.5 Å². The summed E-state index contributed by atoms with van der Waals surface area (Å²) in [5.74, 6) is 1.13. The van der Waals surface area contributed by atoms with E-state index >= 15 is 0 Å². The summed E-state index contributed by atoms with van der Waals surface area (Å²) in [6, 6.07) is 10.2. The fourth-order valence-electron chi connectivity index (χ4n) is 2.67. The number of carbonyl (C=O) groups excluding carboxylic acids is 2. The first-order chi connectivity index (χ1) is 10.7. The third-order valence-electron chi connectivity index (χ3n) is 3.99. The fourth-order valence-corrected chi connectivity index (χ4v) is 2.98. The normalized spacial score (nSPS) is 18.3. The number of thioether (sulfide) groups is 1. The predicted octanol–water partition coefficient (Wildman–Crippen LogP) is 1.95. The summed E-state index contributed by atoms with van der Waals surface area (Å²) in [5, 5.41) is 2.96. The van der Waals surface area contributed by atoms with E-state index in [2.05, 4.69) is 17.4 Å². The maximum Gasteiger partial charge on any atom is 0.224 e. The molecule has 1 aliphatic rings. The second-order valence-electron chi connectivity index (χ2n) is 5.59. The summed E-state index contributed by atoms with van der Waals surface area (Å²) >= 11 is 1.72. The van der Waals surface area contributed by atoms with Gasteiger partial charge in [-0.1, -0.05) is 30.3 Å². The van der Waals surface area contributed by atoms with Crippen molar-refractivity contribution in [3.63, 3.8) is 0 Å². The molecule has 0 radical (unpaired) electrons. The summed E-state index contributed by atoms with van der Waals surface area (Å²) in [5.41, 5.74) is 1.22. The number of benzene rings is 1. The first kappa shape index (κ1) is 16.9. The maximum atomic E-state index is 12.1. The van der Waals surface area contributed by atoms with Gasteiger partial charge in [-0.3, -0.25) is 9.59 Å². The lowest BCUT2D eigenvalue weighted by molar-refractivity contribution is -0.138. The van der Waals surface area contributed by atoms with E-state index in [1.807, 2.05) is 29.4 Å². The number of amides is 2. The molecule has 1 fully saturated rings. The minimum absolute atomic E-state index is 0.0599. The van der Waals surface area contributed by atoms with Crippen LogP contribution in [0.4, 0.5) is 0 Å². The Labute approximate surface area is 136 Å². The first-order valence-corrected chi connectivity index (χ1v) is 9.18. The molecular weight excluding hydrogens is 296 g/mol. The highest BCUT2D eigenvalue weighted by Crippen LogP contribution is 2.18. The van der Waals surface area contributed by atoms with E-state index in [4.69, 9.17) is 0 Å². The Morgan fingerprint density at radius 2 is 2.14 bits per heavy atom. The zero-order valence-corrected chi connectivity index (χ0v) is 13.9. The van der Waals surface area contributed by atoms with Crippen molar-refractivity contribution < 1.29 is 9.59 Å². The van der Waals surface area contributed by atoms with Crippen molar-refractivity contribution in [3.05, 3.63) is 35.9 Å². The molecule has 1 aromatic carbocycles. The largest absolute Gasteiger partial charge is 0.355 e. The van der Waals surface area contributed by atoms with Crippen molar-refractivity contribution in [3.8, 4) is 0 Å². The average Bonchev–Trinajstić information content (AvgIpc) is 2.55. The van der Waals surface area contributed by atoms with Crippen molar-refractivity contribution in [2.75, 3.05) is 31.6 Å². The Morgan fingerprint density at radius 3 is 2.86 bits per heavy atom. The van der Waals surface area contributed by atoms with Crippen LogP contribution in [0.15, 0.2) is 30.3 Å². The molecule has 1 aliphatic heterocycles. The van der Waals surface area contributed by atoms with Crippen LogP contribution < -0.4 is 5.32 Å². The fraction of sp³-hybridized carbons (Fsp3) is 0.529. The van der Waals surface area contributed by atoms with Gasteiger partial charge in [0.1, 0.15) is 0 Å². The SMILES string of the molecule is CSCCNC(=O)C1CCC(=O)N(CCc2ccccc2)C1. The molecule has 0 bridgehead atoms. The van der Waals surface area contributed by atoms with Crippen LogP contribution in [0.1, 0.15) is 18.4 Å². The molecule has 4 nitrogen and oxygen atoms in total. The Morgan fingerprint density at radius 1 is 1.36 bits per heavy atom. The number of nitrogens with one attached hydrogen (secondary N) is 1. The first-order valence-electron chi connectivity index (χ1n) is 7.79. The number of rotatable bonds is 7. The van der Waals surface area contributed by atoms with Gasteiger partial charge in [-0.15, -0.1) is 0 Å². The number of carbonyl (C=O) groups is 2. The molecule has 0 spiro atoms. The minimum atomic E-state index is -0.0599. The minimum Gasteiger partial charge on any atom is -0.355 e. The van der Waals surface area contributed by atoms with E-state index in [1.54, 1.807) is 11.8 Å². The van der Waals surface area contributed by atoms with Gasteiger partial charge >= 0.3 is 0 Å². The highest BCUT2D eigenvalue weighted by molar-refractivity contribution is 7.98. The van der Waals surface area contributed by atoms with Gasteiger partial charge in [0.05, 0.1) is 5.92 Å². The molecule has 120 valence electrons. The van der Waals surface area contributed by atoms with Crippen molar-refractivity contribution in [1.29, 1.82) is 0 Å². The highest BCUT2D eigenvalue weighted by Gasteiger charge is 2.29. The molecule has 0 aromatic heterocycles. The van der Waals surface area contributed by atoms with E-state index in [-0.39, 0.29) is 17.7 Å². The number of hydrogen-bond donors (Lipinski definition) is 1. The lowest BCUT2D eigenvalue weighted by atomic mass is 9.96. The molecule has 1 heterocycles. The molecule has 1 unspecified atom stereocenters. The van der Waals surface area contributed by atoms with Gasteiger partial charge < -0.3 is 10.2 Å². The number of piperidine rings is 1. The van der Waals surface area contributed by atoms with E-state index in [1.165, 1.54) is 5.56 Å². The van der Waals surface area contributed by atoms with Crippen LogP contribution in [-0.2, 0) is 16.0 Å². The molecule has 2 rings (SSSR count). The molecule has 1 N–H and O–H groups in total. The molecule has 0 saturated carbocycles. The molecule has 1 atom stereocenters. The Kier molecular flexibility index (Phi) is 6.77. The van der Waals surface area contributed by atoms with Gasteiger partial charge in [-0.05, 0) is 24.7 Å². The molecular formula is C17H24N2O2S. The number of likely N-dealkylation sites (tertiary alicyclic amines) is 1. The van der Waals surface area contributed by atoms with Crippen LogP contribution in [0.2, 0.25) is 0 Å². The molecule has 2 amide bonds. The highest BCUT2D eigenvalue weighted by atomic mass is 32.2. The van der Waals surface area contributed by atoms with Gasteiger partial charge in [0.15, 0.2) is 0 Å². The molecule has 0 aliphatic carbocycles. The third kappa shape index (κ3) is 5.05. The second kappa shape index (κ2) is 8.83. The van der Waals surface area contributed by atoms with Gasteiger partial charge in [-0.25, -0.2) is 0 Å². The van der Waals surface area contributed by atoms with E-state index in [9.17, 15) is 9.59 Å². The Hall–Kier alpha value is -1.49. The smallest absolute Gasteiger partial charge is 0.224 e. The van der Waals surface area contributed by atoms with Gasteiger partial charge in [0.2, 0.25) is 11.8 Å². The maximum absolute atomic E-state index is 12.1. The van der Waals surface area contributed by atoms with E-state index in [0.717, 1.165) is 12.2 Å².